The van der Waals surface area contributed by atoms with Crippen molar-refractivity contribution < 1.29 is 19.8 Å². The number of rotatable bonds is 7. The van der Waals surface area contributed by atoms with E-state index in [1.54, 1.807) is 6.92 Å². The van der Waals surface area contributed by atoms with E-state index in [9.17, 15) is 19.8 Å². The zero-order valence-electron chi connectivity index (χ0n) is 16.9. The summed E-state index contributed by atoms with van der Waals surface area (Å²) in [6.45, 7) is 1.43. The van der Waals surface area contributed by atoms with Crippen LogP contribution in [0.5, 0.6) is 11.5 Å². The van der Waals surface area contributed by atoms with Crippen LogP contribution in [0.15, 0.2) is 77.9 Å². The Morgan fingerprint density at radius 2 is 1.55 bits per heavy atom. The Balaban J connectivity index is 1.63. The summed E-state index contributed by atoms with van der Waals surface area (Å²) in [6.07, 6.45) is 1.28. The number of hydrogen-bond acceptors (Lipinski definition) is 5. The molecule has 0 aromatic heterocycles. The number of hydrogen-bond donors (Lipinski definition) is 4. The van der Waals surface area contributed by atoms with Crippen LogP contribution in [0.1, 0.15) is 28.2 Å². The highest BCUT2D eigenvalue weighted by Gasteiger charge is 2.22. The van der Waals surface area contributed by atoms with Gasteiger partial charge in [0.25, 0.3) is 5.91 Å². The van der Waals surface area contributed by atoms with Gasteiger partial charge in [-0.1, -0.05) is 60.7 Å². The molecule has 0 aliphatic rings. The van der Waals surface area contributed by atoms with Gasteiger partial charge >= 0.3 is 0 Å². The number of carbonyl (C=O) groups excluding carboxylic acids is 2. The first-order valence-corrected chi connectivity index (χ1v) is 9.68. The average molecular weight is 417 g/mol. The van der Waals surface area contributed by atoms with Gasteiger partial charge in [0.1, 0.15) is 11.5 Å². The molecule has 4 N–H and O–H groups in total. The number of hydrazone groups is 1. The van der Waals surface area contributed by atoms with Gasteiger partial charge in [-0.2, -0.15) is 5.10 Å². The Kier molecular flexibility index (Phi) is 7.01. The van der Waals surface area contributed by atoms with Crippen LogP contribution >= 0.6 is 0 Å². The zero-order chi connectivity index (χ0) is 22.2. The highest BCUT2D eigenvalue weighted by atomic mass is 16.3. The molecule has 0 radical (unpaired) electrons. The molecule has 3 rings (SSSR count). The summed E-state index contributed by atoms with van der Waals surface area (Å²) in [5.74, 6) is -1.58. The number of amides is 2. The van der Waals surface area contributed by atoms with E-state index in [0.29, 0.717) is 11.1 Å². The topological polar surface area (TPSA) is 111 Å². The van der Waals surface area contributed by atoms with E-state index in [1.807, 2.05) is 60.7 Å². The summed E-state index contributed by atoms with van der Waals surface area (Å²) >= 11 is 0. The molecular formula is C24H23N3O4. The normalized spacial score (nSPS) is 10.9. The van der Waals surface area contributed by atoms with Gasteiger partial charge in [0.2, 0.25) is 5.91 Å². The third kappa shape index (κ3) is 5.70. The molecule has 0 aliphatic carbocycles. The first-order chi connectivity index (χ1) is 15.0. The van der Waals surface area contributed by atoms with Gasteiger partial charge in [-0.15, -0.1) is 0 Å². The second-order valence-electron chi connectivity index (χ2n) is 6.96. The van der Waals surface area contributed by atoms with Gasteiger partial charge in [0.15, 0.2) is 0 Å². The molecule has 0 fully saturated rings. The molecule has 0 heterocycles. The Morgan fingerprint density at radius 3 is 2.10 bits per heavy atom. The lowest BCUT2D eigenvalue weighted by molar-refractivity contribution is -0.126. The van der Waals surface area contributed by atoms with Gasteiger partial charge in [-0.05, 0) is 29.7 Å². The van der Waals surface area contributed by atoms with Gasteiger partial charge in [-0.25, -0.2) is 5.43 Å². The predicted molar refractivity (Wildman–Crippen MR) is 118 cm³/mol. The molecule has 0 saturated carbocycles. The SMILES string of the molecule is Cc1cc(O)cc(O)c1C=NNC(=O)CNC(=O)C(c1ccccc1)c1ccccc1. The summed E-state index contributed by atoms with van der Waals surface area (Å²) in [5, 5.41) is 25.8. The van der Waals surface area contributed by atoms with Crippen LogP contribution in [-0.2, 0) is 9.59 Å². The molecule has 0 atom stereocenters. The van der Waals surface area contributed by atoms with E-state index in [-0.39, 0.29) is 24.0 Å². The van der Waals surface area contributed by atoms with E-state index in [1.165, 1.54) is 18.3 Å². The van der Waals surface area contributed by atoms with Crippen molar-refractivity contribution in [3.8, 4) is 11.5 Å². The number of nitrogens with zero attached hydrogens (tertiary/aromatic N) is 1. The number of carbonyl (C=O) groups is 2. The minimum atomic E-state index is -0.546. The van der Waals surface area contributed by atoms with Crippen molar-refractivity contribution >= 4 is 18.0 Å². The Labute approximate surface area is 180 Å². The molecular weight excluding hydrogens is 394 g/mol. The van der Waals surface area contributed by atoms with Crippen LogP contribution in [0.3, 0.4) is 0 Å². The second-order valence-corrected chi connectivity index (χ2v) is 6.96. The molecule has 2 amide bonds. The second kappa shape index (κ2) is 10.1. The molecule has 0 saturated heterocycles. The van der Waals surface area contributed by atoms with E-state index < -0.39 is 11.8 Å². The average Bonchev–Trinajstić information content (AvgIpc) is 2.76. The molecule has 158 valence electrons. The van der Waals surface area contributed by atoms with Crippen molar-refractivity contribution in [2.24, 2.45) is 5.10 Å². The number of aryl methyl sites for hydroxylation is 1. The number of aromatic hydroxyl groups is 2. The van der Waals surface area contributed by atoms with Gasteiger partial charge in [0.05, 0.1) is 18.7 Å². The summed E-state index contributed by atoms with van der Waals surface area (Å²) in [5.41, 5.74) is 4.93. The van der Waals surface area contributed by atoms with Crippen LogP contribution in [-0.4, -0.2) is 34.8 Å². The third-order valence-corrected chi connectivity index (χ3v) is 4.68. The summed E-state index contributed by atoms with van der Waals surface area (Å²) in [7, 11) is 0. The van der Waals surface area contributed by atoms with Gasteiger partial charge in [-0.3, -0.25) is 9.59 Å². The van der Waals surface area contributed by atoms with Crippen molar-refractivity contribution in [2.45, 2.75) is 12.8 Å². The molecule has 0 aliphatic heterocycles. The summed E-state index contributed by atoms with van der Waals surface area (Å²) in [4.78, 5) is 25.0. The zero-order valence-corrected chi connectivity index (χ0v) is 16.9. The van der Waals surface area contributed by atoms with E-state index >= 15 is 0 Å². The van der Waals surface area contributed by atoms with Crippen LogP contribution in [0.4, 0.5) is 0 Å². The smallest absolute Gasteiger partial charge is 0.259 e. The highest BCUT2D eigenvalue weighted by Crippen LogP contribution is 2.25. The van der Waals surface area contributed by atoms with Crippen LogP contribution in [0.2, 0.25) is 0 Å². The molecule has 7 nitrogen and oxygen atoms in total. The molecule has 3 aromatic rings. The maximum Gasteiger partial charge on any atom is 0.259 e. The molecule has 31 heavy (non-hydrogen) atoms. The minimum Gasteiger partial charge on any atom is -0.508 e. The van der Waals surface area contributed by atoms with Gasteiger partial charge in [0, 0.05) is 11.6 Å². The van der Waals surface area contributed by atoms with Crippen molar-refractivity contribution in [1.82, 2.24) is 10.7 Å². The van der Waals surface area contributed by atoms with Crippen molar-refractivity contribution in [3.63, 3.8) is 0 Å². The quantitative estimate of drug-likeness (QED) is 0.350. The first kappa shape index (κ1) is 21.6. The van der Waals surface area contributed by atoms with Crippen molar-refractivity contribution in [1.29, 1.82) is 0 Å². The maximum absolute atomic E-state index is 12.9. The molecule has 7 heteroatoms. The van der Waals surface area contributed by atoms with Crippen LogP contribution < -0.4 is 10.7 Å². The predicted octanol–water partition coefficient (Wildman–Crippen LogP) is 2.80. The van der Waals surface area contributed by atoms with E-state index in [0.717, 1.165) is 11.1 Å². The standard InChI is InChI=1S/C24H23N3O4/c1-16-12-19(28)13-21(29)20(16)14-26-27-22(30)15-25-24(31)23(17-8-4-2-5-9-17)18-10-6-3-7-11-18/h2-14,23,28-29H,15H2,1H3,(H,25,31)(H,27,30). The number of phenols is 2. The Morgan fingerprint density at radius 1 is 0.968 bits per heavy atom. The minimum absolute atomic E-state index is 0.0646. The lowest BCUT2D eigenvalue weighted by atomic mass is 9.90. The lowest BCUT2D eigenvalue weighted by Gasteiger charge is -2.17. The van der Waals surface area contributed by atoms with Crippen molar-refractivity contribution in [3.05, 3.63) is 95.1 Å². The number of phenolic OH excluding ortho intramolecular Hbond substituents is 2. The fraction of sp³-hybridized carbons (Fsp3) is 0.125. The third-order valence-electron chi connectivity index (χ3n) is 4.68. The fourth-order valence-corrected chi connectivity index (χ4v) is 3.19. The van der Waals surface area contributed by atoms with Crippen molar-refractivity contribution in [2.75, 3.05) is 6.54 Å². The molecule has 0 spiro atoms. The lowest BCUT2D eigenvalue weighted by Crippen LogP contribution is -2.37. The molecule has 3 aromatic carbocycles. The molecule has 0 unspecified atom stereocenters. The summed E-state index contributed by atoms with van der Waals surface area (Å²) < 4.78 is 0. The maximum atomic E-state index is 12.9. The monoisotopic (exact) mass is 417 g/mol. The van der Waals surface area contributed by atoms with E-state index in [4.69, 9.17) is 0 Å². The largest absolute Gasteiger partial charge is 0.508 e. The number of benzene rings is 3. The Hall–Kier alpha value is -4.13. The molecule has 0 bridgehead atoms. The fourth-order valence-electron chi connectivity index (χ4n) is 3.19. The van der Waals surface area contributed by atoms with Crippen LogP contribution in [0.25, 0.3) is 0 Å². The summed E-state index contributed by atoms with van der Waals surface area (Å²) in [6, 6.07) is 21.3. The highest BCUT2D eigenvalue weighted by molar-refractivity contribution is 5.91. The van der Waals surface area contributed by atoms with Gasteiger partial charge < -0.3 is 15.5 Å². The first-order valence-electron chi connectivity index (χ1n) is 9.68. The number of nitrogens with one attached hydrogen (secondary N) is 2. The Bertz CT molecular complexity index is 1020. The van der Waals surface area contributed by atoms with Crippen LogP contribution in [0, 0.1) is 6.92 Å². The van der Waals surface area contributed by atoms with E-state index in [2.05, 4.69) is 15.8 Å².